The van der Waals surface area contributed by atoms with Crippen LogP contribution in [0, 0.1) is 0 Å². The minimum Gasteiger partial charge on any atom is -0.241 e. The Bertz CT molecular complexity index is 440. The van der Waals surface area contributed by atoms with Crippen LogP contribution in [0.15, 0.2) is 35.5 Å². The smallest absolute Gasteiger partial charge is 0.0672 e. The summed E-state index contributed by atoms with van der Waals surface area (Å²) in [6.45, 7) is 6.66. The highest BCUT2D eigenvalue weighted by Gasteiger charge is 2.12. The number of pyridine rings is 1. The monoisotopic (exact) mass is 206 g/mol. The molecule has 0 N–H and O–H groups in total. The summed E-state index contributed by atoms with van der Waals surface area (Å²) in [5, 5.41) is 4.16. The van der Waals surface area contributed by atoms with Gasteiger partial charge in [-0.1, -0.05) is 20.8 Å². The van der Waals surface area contributed by atoms with E-state index in [0.29, 0.717) is 0 Å². The Balaban J connectivity index is 2.35. The fourth-order valence-corrected chi connectivity index (χ4v) is 2.33. The summed E-state index contributed by atoms with van der Waals surface area (Å²) in [5.41, 5.74) is 1.15. The molecule has 0 spiro atoms. The van der Waals surface area contributed by atoms with E-state index in [-0.39, 0.29) is 4.75 Å². The van der Waals surface area contributed by atoms with Crippen molar-refractivity contribution >= 4 is 17.3 Å². The van der Waals surface area contributed by atoms with Crippen molar-refractivity contribution in [3.05, 3.63) is 30.6 Å². The van der Waals surface area contributed by atoms with Gasteiger partial charge in [-0.15, -0.1) is 11.8 Å². The first-order valence-corrected chi connectivity index (χ1v) is 5.49. The molecule has 0 saturated carbocycles. The molecular weight excluding hydrogens is 192 g/mol. The molecule has 0 bridgehead atoms. The average Bonchev–Trinajstić information content (AvgIpc) is 2.47. The van der Waals surface area contributed by atoms with Crippen LogP contribution in [0.1, 0.15) is 20.8 Å². The minimum absolute atomic E-state index is 0.262. The molecule has 0 unspecified atom stereocenters. The van der Waals surface area contributed by atoms with Crippen molar-refractivity contribution in [3.63, 3.8) is 0 Å². The molecule has 0 atom stereocenters. The van der Waals surface area contributed by atoms with Crippen LogP contribution in [-0.4, -0.2) is 14.4 Å². The zero-order valence-electron chi connectivity index (χ0n) is 8.69. The molecule has 0 amide bonds. The normalized spacial score (nSPS) is 12.2. The first-order chi connectivity index (χ1) is 6.54. The van der Waals surface area contributed by atoms with Crippen LogP contribution in [-0.2, 0) is 0 Å². The number of hydrogen-bond donors (Lipinski definition) is 0. The Hall–Kier alpha value is -0.960. The Morgan fingerprint density at radius 2 is 2.07 bits per heavy atom. The third kappa shape index (κ3) is 2.10. The van der Waals surface area contributed by atoms with Gasteiger partial charge in [-0.25, -0.2) is 4.52 Å². The van der Waals surface area contributed by atoms with Gasteiger partial charge in [0.2, 0.25) is 0 Å². The molecule has 14 heavy (non-hydrogen) atoms. The van der Waals surface area contributed by atoms with Gasteiger partial charge in [-0.05, 0) is 18.2 Å². The fraction of sp³-hybridized carbons (Fsp3) is 0.364. The summed E-state index contributed by atoms with van der Waals surface area (Å²) >= 11 is 1.88. The number of fused-ring (bicyclic) bond motifs is 1. The van der Waals surface area contributed by atoms with Crippen molar-refractivity contribution < 1.29 is 0 Å². The topological polar surface area (TPSA) is 17.3 Å². The first kappa shape index (κ1) is 9.59. The van der Waals surface area contributed by atoms with E-state index in [0.717, 1.165) is 5.52 Å². The molecular formula is C11H14N2S. The van der Waals surface area contributed by atoms with E-state index in [2.05, 4.69) is 38.0 Å². The van der Waals surface area contributed by atoms with Crippen molar-refractivity contribution in [2.45, 2.75) is 30.4 Å². The second-order valence-electron chi connectivity index (χ2n) is 4.28. The number of aromatic nitrogens is 2. The maximum Gasteiger partial charge on any atom is 0.0672 e. The molecule has 0 aliphatic heterocycles. The predicted octanol–water partition coefficient (Wildman–Crippen LogP) is 3.22. The van der Waals surface area contributed by atoms with E-state index in [9.17, 15) is 0 Å². The molecule has 2 heterocycles. The summed E-state index contributed by atoms with van der Waals surface area (Å²) in [6, 6.07) is 6.30. The maximum atomic E-state index is 4.16. The lowest BCUT2D eigenvalue weighted by Gasteiger charge is -2.17. The standard InChI is InChI=1S/C11H14N2S/c1-11(2,3)14-10-5-7-13-9(8-10)4-6-12-13/h4-8H,1-3H3. The summed E-state index contributed by atoms with van der Waals surface area (Å²) in [7, 11) is 0. The van der Waals surface area contributed by atoms with Gasteiger partial charge in [-0.3, -0.25) is 0 Å². The Kier molecular flexibility index (Phi) is 2.27. The van der Waals surface area contributed by atoms with Crippen LogP contribution in [0.3, 0.4) is 0 Å². The Morgan fingerprint density at radius 1 is 1.29 bits per heavy atom. The maximum absolute atomic E-state index is 4.16. The minimum atomic E-state index is 0.262. The molecule has 0 saturated heterocycles. The highest BCUT2D eigenvalue weighted by Crippen LogP contribution is 2.31. The van der Waals surface area contributed by atoms with Crippen molar-refractivity contribution in [2.75, 3.05) is 0 Å². The predicted molar refractivity (Wildman–Crippen MR) is 60.8 cm³/mol. The molecule has 0 radical (unpaired) electrons. The fourth-order valence-electron chi connectivity index (χ4n) is 1.32. The summed E-state index contributed by atoms with van der Waals surface area (Å²) in [5.74, 6) is 0. The highest BCUT2D eigenvalue weighted by atomic mass is 32.2. The molecule has 0 aliphatic rings. The van der Waals surface area contributed by atoms with Crippen molar-refractivity contribution in [2.24, 2.45) is 0 Å². The van der Waals surface area contributed by atoms with Gasteiger partial charge in [-0.2, -0.15) is 5.10 Å². The van der Waals surface area contributed by atoms with Gasteiger partial charge < -0.3 is 0 Å². The third-order valence-electron chi connectivity index (χ3n) is 1.80. The van der Waals surface area contributed by atoms with Crippen LogP contribution < -0.4 is 0 Å². The lowest BCUT2D eigenvalue weighted by atomic mass is 10.3. The molecule has 2 rings (SSSR count). The Morgan fingerprint density at radius 3 is 2.79 bits per heavy atom. The van der Waals surface area contributed by atoms with Crippen LogP contribution in [0.2, 0.25) is 0 Å². The number of nitrogens with zero attached hydrogens (tertiary/aromatic N) is 2. The van der Waals surface area contributed by atoms with Crippen LogP contribution in [0.4, 0.5) is 0 Å². The Labute approximate surface area is 88.3 Å². The second kappa shape index (κ2) is 3.31. The molecule has 0 fully saturated rings. The van der Waals surface area contributed by atoms with Crippen LogP contribution in [0.25, 0.3) is 5.52 Å². The van der Waals surface area contributed by atoms with Gasteiger partial charge in [0.15, 0.2) is 0 Å². The van der Waals surface area contributed by atoms with Gasteiger partial charge >= 0.3 is 0 Å². The first-order valence-electron chi connectivity index (χ1n) is 4.67. The molecule has 3 heteroatoms. The number of hydrogen-bond acceptors (Lipinski definition) is 2. The zero-order valence-corrected chi connectivity index (χ0v) is 9.51. The van der Waals surface area contributed by atoms with E-state index in [1.807, 2.05) is 34.7 Å². The van der Waals surface area contributed by atoms with Crippen molar-refractivity contribution in [1.29, 1.82) is 0 Å². The lowest BCUT2D eigenvalue weighted by Crippen LogP contribution is -2.06. The van der Waals surface area contributed by atoms with Crippen LogP contribution in [0.5, 0.6) is 0 Å². The van der Waals surface area contributed by atoms with E-state index in [1.165, 1.54) is 4.90 Å². The SMILES string of the molecule is CC(C)(C)Sc1ccn2nccc2c1. The molecule has 2 aromatic heterocycles. The highest BCUT2D eigenvalue weighted by molar-refractivity contribution is 8.00. The van der Waals surface area contributed by atoms with E-state index in [1.54, 1.807) is 0 Å². The quantitative estimate of drug-likeness (QED) is 0.666. The van der Waals surface area contributed by atoms with Crippen molar-refractivity contribution in [1.82, 2.24) is 9.61 Å². The van der Waals surface area contributed by atoms with Gasteiger partial charge in [0, 0.05) is 22.0 Å². The third-order valence-corrected chi connectivity index (χ3v) is 2.90. The van der Waals surface area contributed by atoms with Gasteiger partial charge in [0.05, 0.1) is 5.52 Å². The van der Waals surface area contributed by atoms with Crippen LogP contribution >= 0.6 is 11.8 Å². The second-order valence-corrected chi connectivity index (χ2v) is 6.18. The molecule has 74 valence electrons. The zero-order chi connectivity index (χ0) is 10.2. The summed E-state index contributed by atoms with van der Waals surface area (Å²) in [4.78, 5) is 1.30. The number of thioether (sulfide) groups is 1. The molecule has 0 aromatic carbocycles. The van der Waals surface area contributed by atoms with Gasteiger partial charge in [0.25, 0.3) is 0 Å². The van der Waals surface area contributed by atoms with E-state index in [4.69, 9.17) is 0 Å². The summed E-state index contributed by atoms with van der Waals surface area (Å²) in [6.07, 6.45) is 3.82. The number of rotatable bonds is 1. The van der Waals surface area contributed by atoms with Gasteiger partial charge in [0.1, 0.15) is 0 Å². The lowest BCUT2D eigenvalue weighted by molar-refractivity contribution is 0.802. The average molecular weight is 206 g/mol. The van der Waals surface area contributed by atoms with E-state index < -0.39 is 0 Å². The molecule has 2 nitrogen and oxygen atoms in total. The van der Waals surface area contributed by atoms with E-state index >= 15 is 0 Å². The summed E-state index contributed by atoms with van der Waals surface area (Å²) < 4.78 is 2.14. The largest absolute Gasteiger partial charge is 0.241 e. The molecule has 2 aromatic rings. The molecule has 0 aliphatic carbocycles. The van der Waals surface area contributed by atoms with Crippen molar-refractivity contribution in [3.8, 4) is 0 Å².